The van der Waals surface area contributed by atoms with Gasteiger partial charge in [0.2, 0.25) is 5.91 Å². The monoisotopic (exact) mass is 307 g/mol. The average molecular weight is 308 g/mol. The van der Waals surface area contributed by atoms with Crippen LogP contribution in [0.2, 0.25) is 10.0 Å². The van der Waals surface area contributed by atoms with Crippen LogP contribution in [0.25, 0.3) is 6.08 Å². The van der Waals surface area contributed by atoms with Gasteiger partial charge in [-0.15, -0.1) is 0 Å². The molecule has 0 aliphatic rings. The number of hydrogen-bond acceptors (Lipinski definition) is 2. The highest BCUT2D eigenvalue weighted by atomic mass is 35.5. The van der Waals surface area contributed by atoms with Gasteiger partial charge in [-0.05, 0) is 48.0 Å². The van der Waals surface area contributed by atoms with Crippen molar-refractivity contribution in [3.8, 4) is 5.75 Å². The summed E-state index contributed by atoms with van der Waals surface area (Å²) in [5.41, 5.74) is 1.38. The van der Waals surface area contributed by atoms with Crippen molar-refractivity contribution in [1.82, 2.24) is 0 Å². The summed E-state index contributed by atoms with van der Waals surface area (Å²) in [5.74, 6) is -0.129. The molecule has 2 aromatic rings. The van der Waals surface area contributed by atoms with E-state index in [0.717, 1.165) is 5.56 Å². The molecule has 0 aliphatic carbocycles. The maximum absolute atomic E-state index is 11.7. The van der Waals surface area contributed by atoms with Gasteiger partial charge in [-0.2, -0.15) is 0 Å². The van der Waals surface area contributed by atoms with E-state index in [1.165, 1.54) is 18.2 Å². The molecule has 0 unspecified atom stereocenters. The van der Waals surface area contributed by atoms with Crippen molar-refractivity contribution in [3.05, 3.63) is 64.1 Å². The molecular weight excluding hydrogens is 297 g/mol. The molecule has 0 atom stereocenters. The molecule has 0 aliphatic heterocycles. The van der Waals surface area contributed by atoms with Crippen molar-refractivity contribution >= 4 is 40.9 Å². The summed E-state index contributed by atoms with van der Waals surface area (Å²) in [6, 6.07) is 11.3. The Hall–Kier alpha value is -1.97. The molecule has 0 fully saturated rings. The SMILES string of the molecule is O=C(C=Cc1ccc(Cl)c(Cl)c1)Nc1ccc(O)cc1. The summed E-state index contributed by atoms with van der Waals surface area (Å²) in [4.78, 5) is 11.7. The largest absolute Gasteiger partial charge is 0.508 e. The second-order valence-corrected chi connectivity index (χ2v) is 4.86. The fourth-order valence-corrected chi connectivity index (χ4v) is 1.82. The van der Waals surface area contributed by atoms with Crippen LogP contribution in [0.4, 0.5) is 5.69 Å². The van der Waals surface area contributed by atoms with Crippen LogP contribution in [0.5, 0.6) is 5.75 Å². The Bertz CT molecular complexity index is 651. The van der Waals surface area contributed by atoms with E-state index < -0.39 is 0 Å². The van der Waals surface area contributed by atoms with E-state index in [1.54, 1.807) is 36.4 Å². The maximum atomic E-state index is 11.7. The first-order chi connectivity index (χ1) is 9.54. The Labute approximate surface area is 126 Å². The molecule has 5 heteroatoms. The Morgan fingerprint density at radius 2 is 1.75 bits per heavy atom. The molecule has 0 heterocycles. The molecule has 0 aromatic heterocycles. The number of rotatable bonds is 3. The van der Waals surface area contributed by atoms with E-state index >= 15 is 0 Å². The van der Waals surface area contributed by atoms with Crippen molar-refractivity contribution in [2.45, 2.75) is 0 Å². The second-order valence-electron chi connectivity index (χ2n) is 4.04. The van der Waals surface area contributed by atoms with Crippen LogP contribution in [-0.2, 0) is 4.79 Å². The number of carbonyl (C=O) groups is 1. The quantitative estimate of drug-likeness (QED) is 0.654. The summed E-state index contributed by atoms with van der Waals surface area (Å²) in [6.07, 6.45) is 3.03. The molecule has 0 saturated carbocycles. The molecule has 2 rings (SSSR count). The van der Waals surface area contributed by atoms with Gasteiger partial charge < -0.3 is 10.4 Å². The highest BCUT2D eigenvalue weighted by Gasteiger charge is 2.00. The van der Waals surface area contributed by atoms with Crippen LogP contribution >= 0.6 is 23.2 Å². The van der Waals surface area contributed by atoms with E-state index in [1.807, 2.05) is 0 Å². The lowest BCUT2D eigenvalue weighted by atomic mass is 10.2. The third-order valence-corrected chi connectivity index (χ3v) is 3.24. The topological polar surface area (TPSA) is 49.3 Å². The van der Waals surface area contributed by atoms with Crippen molar-refractivity contribution < 1.29 is 9.90 Å². The molecule has 3 nitrogen and oxygen atoms in total. The minimum absolute atomic E-state index is 0.148. The molecule has 2 aromatic carbocycles. The Morgan fingerprint density at radius 1 is 1.05 bits per heavy atom. The molecule has 0 saturated heterocycles. The normalized spacial score (nSPS) is 10.7. The highest BCUT2D eigenvalue weighted by Crippen LogP contribution is 2.23. The predicted octanol–water partition coefficient (Wildman–Crippen LogP) is 4.35. The zero-order valence-electron chi connectivity index (χ0n) is 10.3. The zero-order chi connectivity index (χ0) is 14.5. The lowest BCUT2D eigenvalue weighted by molar-refractivity contribution is -0.111. The van der Waals surface area contributed by atoms with Crippen LogP contribution in [0.1, 0.15) is 5.56 Å². The van der Waals surface area contributed by atoms with Gasteiger partial charge in [0.1, 0.15) is 5.75 Å². The first kappa shape index (κ1) is 14.4. The third-order valence-electron chi connectivity index (χ3n) is 2.51. The van der Waals surface area contributed by atoms with Crippen molar-refractivity contribution in [2.75, 3.05) is 5.32 Å². The molecule has 102 valence electrons. The van der Waals surface area contributed by atoms with E-state index in [2.05, 4.69) is 5.32 Å². The van der Waals surface area contributed by atoms with Gasteiger partial charge in [-0.1, -0.05) is 29.3 Å². The van der Waals surface area contributed by atoms with Crippen molar-refractivity contribution in [2.24, 2.45) is 0 Å². The Balaban J connectivity index is 2.01. The fourth-order valence-electron chi connectivity index (χ4n) is 1.52. The standard InChI is InChI=1S/C15H11Cl2NO2/c16-13-7-1-10(9-14(13)17)2-8-15(20)18-11-3-5-12(19)6-4-11/h1-9,19H,(H,18,20). The molecule has 2 N–H and O–H groups in total. The van der Waals surface area contributed by atoms with Gasteiger partial charge in [0.25, 0.3) is 0 Å². The summed E-state index contributed by atoms with van der Waals surface area (Å²) in [7, 11) is 0. The third kappa shape index (κ3) is 4.02. The lowest BCUT2D eigenvalue weighted by Crippen LogP contribution is -2.07. The number of nitrogens with one attached hydrogen (secondary N) is 1. The summed E-state index contributed by atoms with van der Waals surface area (Å²) < 4.78 is 0. The molecule has 0 bridgehead atoms. The minimum atomic E-state index is -0.276. The number of phenolic OH excluding ortho intramolecular Hbond substituents is 1. The molecule has 20 heavy (non-hydrogen) atoms. The molecular formula is C15H11Cl2NO2. The number of amides is 1. The van der Waals surface area contributed by atoms with E-state index in [-0.39, 0.29) is 11.7 Å². The number of phenols is 1. The number of aromatic hydroxyl groups is 1. The molecule has 1 amide bonds. The van der Waals surface area contributed by atoms with E-state index in [4.69, 9.17) is 28.3 Å². The van der Waals surface area contributed by atoms with E-state index in [9.17, 15) is 4.79 Å². The molecule has 0 radical (unpaired) electrons. The Kier molecular flexibility index (Phi) is 4.66. The summed E-state index contributed by atoms with van der Waals surface area (Å²) >= 11 is 11.7. The van der Waals surface area contributed by atoms with Crippen molar-refractivity contribution in [3.63, 3.8) is 0 Å². The van der Waals surface area contributed by atoms with Gasteiger partial charge >= 0.3 is 0 Å². The fraction of sp³-hybridized carbons (Fsp3) is 0. The lowest BCUT2D eigenvalue weighted by Gasteiger charge is -2.02. The number of carbonyl (C=O) groups excluding carboxylic acids is 1. The zero-order valence-corrected chi connectivity index (χ0v) is 11.8. The number of anilines is 1. The van der Waals surface area contributed by atoms with Gasteiger partial charge in [0, 0.05) is 11.8 Å². The minimum Gasteiger partial charge on any atom is -0.508 e. The first-order valence-electron chi connectivity index (χ1n) is 5.78. The smallest absolute Gasteiger partial charge is 0.248 e. The van der Waals surface area contributed by atoms with Crippen LogP contribution < -0.4 is 5.32 Å². The summed E-state index contributed by atoms with van der Waals surface area (Å²) in [5, 5.41) is 12.7. The van der Waals surface area contributed by atoms with Gasteiger partial charge in [0.05, 0.1) is 10.0 Å². The second kappa shape index (κ2) is 6.46. The summed E-state index contributed by atoms with van der Waals surface area (Å²) in [6.45, 7) is 0. The van der Waals surface area contributed by atoms with Gasteiger partial charge in [-0.3, -0.25) is 4.79 Å². The maximum Gasteiger partial charge on any atom is 0.248 e. The predicted molar refractivity (Wildman–Crippen MR) is 82.2 cm³/mol. The Morgan fingerprint density at radius 3 is 2.40 bits per heavy atom. The average Bonchev–Trinajstić information content (AvgIpc) is 2.43. The van der Waals surface area contributed by atoms with Crippen LogP contribution in [-0.4, -0.2) is 11.0 Å². The van der Waals surface area contributed by atoms with Gasteiger partial charge in [0.15, 0.2) is 0 Å². The number of benzene rings is 2. The molecule has 0 spiro atoms. The van der Waals surface area contributed by atoms with Crippen molar-refractivity contribution in [1.29, 1.82) is 0 Å². The number of halogens is 2. The number of hydrogen-bond donors (Lipinski definition) is 2. The van der Waals surface area contributed by atoms with Crippen LogP contribution in [0.15, 0.2) is 48.5 Å². The van der Waals surface area contributed by atoms with Gasteiger partial charge in [-0.25, -0.2) is 0 Å². The van der Waals surface area contributed by atoms with E-state index in [0.29, 0.717) is 15.7 Å². The highest BCUT2D eigenvalue weighted by molar-refractivity contribution is 6.42. The first-order valence-corrected chi connectivity index (χ1v) is 6.53. The van der Waals surface area contributed by atoms with Crippen LogP contribution in [0.3, 0.4) is 0 Å². The van der Waals surface area contributed by atoms with Crippen LogP contribution in [0, 0.1) is 0 Å².